The molecular formula is C19H16O5. The highest BCUT2D eigenvalue weighted by molar-refractivity contribution is 6.14. The number of Topliss-reactive ketones (excluding diaryl/α,β-unsaturated/α-hetero) is 1. The molecule has 0 aliphatic carbocycles. The third-order valence-electron chi connectivity index (χ3n) is 3.40. The first-order valence-electron chi connectivity index (χ1n) is 7.59. The normalized spacial score (nSPS) is 14.2. The van der Waals surface area contributed by atoms with Crippen molar-refractivity contribution in [1.82, 2.24) is 0 Å². The van der Waals surface area contributed by atoms with Crippen molar-refractivity contribution in [2.24, 2.45) is 0 Å². The number of allylic oxidation sites excluding steroid dienone is 1. The minimum atomic E-state index is -0.445. The number of hydrogen-bond donors (Lipinski definition) is 0. The molecule has 2 aromatic rings. The highest BCUT2D eigenvalue weighted by Crippen LogP contribution is 2.34. The topological polar surface area (TPSA) is 61.8 Å². The highest BCUT2D eigenvalue weighted by atomic mass is 16.6. The van der Waals surface area contributed by atoms with Crippen LogP contribution >= 0.6 is 0 Å². The minimum Gasteiger partial charge on any atom is -0.482 e. The van der Waals surface area contributed by atoms with Crippen LogP contribution in [0.5, 0.6) is 11.5 Å². The van der Waals surface area contributed by atoms with E-state index in [1.165, 1.54) is 0 Å². The molecule has 3 rings (SSSR count). The lowest BCUT2D eigenvalue weighted by Crippen LogP contribution is -2.14. The quantitative estimate of drug-likeness (QED) is 0.624. The van der Waals surface area contributed by atoms with Gasteiger partial charge in [0.05, 0.1) is 12.2 Å². The van der Waals surface area contributed by atoms with Gasteiger partial charge in [-0.25, -0.2) is 4.79 Å². The smallest absolute Gasteiger partial charge is 0.344 e. The van der Waals surface area contributed by atoms with Gasteiger partial charge in [0.15, 0.2) is 12.4 Å². The van der Waals surface area contributed by atoms with Crippen LogP contribution in [0.3, 0.4) is 0 Å². The summed E-state index contributed by atoms with van der Waals surface area (Å²) in [7, 11) is 0. The Labute approximate surface area is 139 Å². The molecule has 0 N–H and O–H groups in total. The average molecular weight is 324 g/mol. The first-order valence-corrected chi connectivity index (χ1v) is 7.59. The van der Waals surface area contributed by atoms with E-state index in [-0.39, 0.29) is 18.1 Å². The predicted octanol–water partition coefficient (Wildman–Crippen LogP) is 3.24. The molecule has 0 aromatic heterocycles. The molecule has 0 bridgehead atoms. The van der Waals surface area contributed by atoms with E-state index in [0.717, 1.165) is 5.56 Å². The van der Waals surface area contributed by atoms with Crippen LogP contribution in [0.1, 0.15) is 22.8 Å². The second-order valence-corrected chi connectivity index (χ2v) is 5.10. The number of carbonyl (C=O) groups is 2. The van der Waals surface area contributed by atoms with E-state index in [1.54, 1.807) is 31.2 Å². The Morgan fingerprint density at radius 1 is 1.17 bits per heavy atom. The van der Waals surface area contributed by atoms with Gasteiger partial charge in [-0.2, -0.15) is 0 Å². The van der Waals surface area contributed by atoms with Gasteiger partial charge in [-0.15, -0.1) is 0 Å². The Balaban J connectivity index is 1.74. The predicted molar refractivity (Wildman–Crippen MR) is 87.9 cm³/mol. The summed E-state index contributed by atoms with van der Waals surface area (Å²) in [4.78, 5) is 23.7. The van der Waals surface area contributed by atoms with Crippen LogP contribution < -0.4 is 9.47 Å². The van der Waals surface area contributed by atoms with Crippen LogP contribution in [0.4, 0.5) is 0 Å². The van der Waals surface area contributed by atoms with Gasteiger partial charge in [0.2, 0.25) is 5.78 Å². The van der Waals surface area contributed by atoms with Gasteiger partial charge in [0.1, 0.15) is 11.5 Å². The van der Waals surface area contributed by atoms with Crippen molar-refractivity contribution < 1.29 is 23.8 Å². The van der Waals surface area contributed by atoms with Gasteiger partial charge >= 0.3 is 5.97 Å². The number of fused-ring (bicyclic) bond motifs is 1. The fourth-order valence-electron chi connectivity index (χ4n) is 2.30. The number of ether oxygens (including phenoxy) is 3. The Bertz CT molecular complexity index is 793. The molecule has 0 unspecified atom stereocenters. The highest BCUT2D eigenvalue weighted by Gasteiger charge is 2.27. The van der Waals surface area contributed by atoms with Crippen LogP contribution in [0.2, 0.25) is 0 Å². The maximum Gasteiger partial charge on any atom is 0.344 e. The molecule has 1 aliphatic rings. The SMILES string of the molecule is CCOC(=O)COc1ccc2c(c1)OC(=Cc1ccccc1)C2=O. The van der Waals surface area contributed by atoms with E-state index >= 15 is 0 Å². The van der Waals surface area contributed by atoms with E-state index < -0.39 is 5.97 Å². The molecule has 0 spiro atoms. The van der Waals surface area contributed by atoms with Crippen molar-refractivity contribution in [2.45, 2.75) is 6.92 Å². The van der Waals surface area contributed by atoms with Gasteiger partial charge in [-0.3, -0.25) is 4.79 Å². The molecule has 0 amide bonds. The summed E-state index contributed by atoms with van der Waals surface area (Å²) >= 11 is 0. The second kappa shape index (κ2) is 7.00. The number of rotatable bonds is 5. The summed E-state index contributed by atoms with van der Waals surface area (Å²) in [5, 5.41) is 0. The van der Waals surface area contributed by atoms with E-state index in [0.29, 0.717) is 23.7 Å². The Morgan fingerprint density at radius 2 is 1.96 bits per heavy atom. The lowest BCUT2D eigenvalue weighted by Gasteiger charge is -2.06. The fraction of sp³-hybridized carbons (Fsp3) is 0.158. The van der Waals surface area contributed by atoms with Crippen molar-refractivity contribution in [1.29, 1.82) is 0 Å². The molecule has 122 valence electrons. The molecular weight excluding hydrogens is 308 g/mol. The molecule has 0 saturated carbocycles. The van der Waals surface area contributed by atoms with Gasteiger partial charge in [0, 0.05) is 6.07 Å². The van der Waals surface area contributed by atoms with E-state index in [9.17, 15) is 9.59 Å². The van der Waals surface area contributed by atoms with Crippen LogP contribution in [-0.4, -0.2) is 25.0 Å². The Hall–Kier alpha value is -3.08. The number of hydrogen-bond acceptors (Lipinski definition) is 5. The van der Waals surface area contributed by atoms with Crippen molar-refractivity contribution in [3.8, 4) is 11.5 Å². The summed E-state index contributed by atoms with van der Waals surface area (Å²) < 4.78 is 15.8. The summed E-state index contributed by atoms with van der Waals surface area (Å²) in [5.41, 5.74) is 1.35. The second-order valence-electron chi connectivity index (χ2n) is 5.10. The number of carbonyl (C=O) groups excluding carboxylic acids is 2. The van der Waals surface area contributed by atoms with Crippen molar-refractivity contribution in [3.63, 3.8) is 0 Å². The maximum absolute atomic E-state index is 12.4. The van der Waals surface area contributed by atoms with Crippen LogP contribution in [-0.2, 0) is 9.53 Å². The zero-order valence-electron chi connectivity index (χ0n) is 13.2. The molecule has 0 atom stereocenters. The summed E-state index contributed by atoms with van der Waals surface area (Å²) in [6.07, 6.45) is 1.70. The average Bonchev–Trinajstić information content (AvgIpc) is 2.90. The molecule has 5 nitrogen and oxygen atoms in total. The third kappa shape index (κ3) is 3.46. The first kappa shape index (κ1) is 15.8. The van der Waals surface area contributed by atoms with Crippen LogP contribution in [0, 0.1) is 0 Å². The first-order chi connectivity index (χ1) is 11.7. The zero-order valence-corrected chi connectivity index (χ0v) is 13.2. The molecule has 1 aliphatic heterocycles. The van der Waals surface area contributed by atoms with Crippen LogP contribution in [0.25, 0.3) is 6.08 Å². The van der Waals surface area contributed by atoms with Gasteiger partial charge < -0.3 is 14.2 Å². The molecule has 1 heterocycles. The fourth-order valence-corrected chi connectivity index (χ4v) is 2.30. The van der Waals surface area contributed by atoms with Crippen LogP contribution in [0.15, 0.2) is 54.3 Å². The standard InChI is InChI=1S/C19H16O5/c1-2-22-18(20)12-23-14-8-9-15-16(11-14)24-17(19(15)21)10-13-6-4-3-5-7-13/h3-11H,2,12H2,1H3. The summed E-state index contributed by atoms with van der Waals surface area (Å²) in [5.74, 6) is 0.503. The Kier molecular flexibility index (Phi) is 4.61. The Morgan fingerprint density at radius 3 is 2.71 bits per heavy atom. The van der Waals surface area contributed by atoms with Gasteiger partial charge in [-0.05, 0) is 30.7 Å². The molecule has 0 radical (unpaired) electrons. The lowest BCUT2D eigenvalue weighted by atomic mass is 10.1. The minimum absolute atomic E-state index is 0.175. The molecule has 5 heteroatoms. The number of ketones is 1. The zero-order chi connectivity index (χ0) is 16.9. The summed E-state index contributed by atoms with van der Waals surface area (Å²) in [6.45, 7) is 1.85. The monoisotopic (exact) mass is 324 g/mol. The molecule has 0 saturated heterocycles. The molecule has 0 fully saturated rings. The van der Waals surface area contributed by atoms with E-state index in [1.807, 2.05) is 30.3 Å². The van der Waals surface area contributed by atoms with Crippen molar-refractivity contribution in [3.05, 3.63) is 65.4 Å². The number of esters is 1. The van der Waals surface area contributed by atoms with Crippen molar-refractivity contribution in [2.75, 3.05) is 13.2 Å². The largest absolute Gasteiger partial charge is 0.482 e. The third-order valence-corrected chi connectivity index (χ3v) is 3.40. The molecule has 24 heavy (non-hydrogen) atoms. The summed E-state index contributed by atoms with van der Waals surface area (Å²) in [6, 6.07) is 14.3. The van der Waals surface area contributed by atoms with E-state index in [4.69, 9.17) is 14.2 Å². The lowest BCUT2D eigenvalue weighted by molar-refractivity contribution is -0.145. The van der Waals surface area contributed by atoms with Gasteiger partial charge in [-0.1, -0.05) is 30.3 Å². The number of benzene rings is 2. The van der Waals surface area contributed by atoms with Gasteiger partial charge in [0.25, 0.3) is 0 Å². The molecule has 2 aromatic carbocycles. The maximum atomic E-state index is 12.4. The van der Waals surface area contributed by atoms with E-state index in [2.05, 4.69) is 0 Å². The van der Waals surface area contributed by atoms with Crippen molar-refractivity contribution >= 4 is 17.8 Å².